The summed E-state index contributed by atoms with van der Waals surface area (Å²) in [5.41, 5.74) is 0. The number of rotatable bonds is 2. The van der Waals surface area contributed by atoms with Crippen molar-refractivity contribution in [2.24, 2.45) is 17.8 Å². The van der Waals surface area contributed by atoms with E-state index in [1.165, 1.54) is 20.0 Å². The van der Waals surface area contributed by atoms with Crippen molar-refractivity contribution in [2.45, 2.75) is 32.7 Å². The van der Waals surface area contributed by atoms with Crippen molar-refractivity contribution in [3.8, 4) is 0 Å². The molecule has 1 saturated heterocycles. The summed E-state index contributed by atoms with van der Waals surface area (Å²) < 4.78 is 4.91. The standard InChI is InChI=1S/C12H21NO2/c1-8(2)13-6-9-4-5-10(7-13)11(9)12(14)15-3/h8-11H,4-7H2,1-3H3. The first-order chi connectivity index (χ1) is 7.13. The summed E-state index contributed by atoms with van der Waals surface area (Å²) >= 11 is 0. The lowest BCUT2D eigenvalue weighted by molar-refractivity contribution is -0.150. The van der Waals surface area contributed by atoms with Crippen molar-refractivity contribution in [3.63, 3.8) is 0 Å². The van der Waals surface area contributed by atoms with Crippen LogP contribution in [0.5, 0.6) is 0 Å². The summed E-state index contributed by atoms with van der Waals surface area (Å²) in [7, 11) is 1.51. The topological polar surface area (TPSA) is 29.5 Å². The van der Waals surface area contributed by atoms with Crippen LogP contribution in [0.15, 0.2) is 0 Å². The van der Waals surface area contributed by atoms with E-state index < -0.39 is 0 Å². The number of hydrogen-bond donors (Lipinski definition) is 0. The zero-order valence-electron chi connectivity index (χ0n) is 9.90. The highest BCUT2D eigenvalue weighted by molar-refractivity contribution is 5.73. The first kappa shape index (κ1) is 10.9. The second kappa shape index (κ2) is 4.12. The quantitative estimate of drug-likeness (QED) is 0.649. The Morgan fingerprint density at radius 1 is 1.27 bits per heavy atom. The molecule has 0 N–H and O–H groups in total. The van der Waals surface area contributed by atoms with Crippen LogP contribution in [0.4, 0.5) is 0 Å². The molecule has 1 aliphatic carbocycles. The number of likely N-dealkylation sites (tertiary alicyclic amines) is 1. The second-order valence-corrected chi connectivity index (χ2v) is 5.19. The van der Waals surface area contributed by atoms with E-state index in [1.807, 2.05) is 0 Å². The molecule has 2 unspecified atom stereocenters. The van der Waals surface area contributed by atoms with Gasteiger partial charge in [-0.2, -0.15) is 0 Å². The Bertz CT molecular complexity index is 238. The summed E-state index contributed by atoms with van der Waals surface area (Å²) in [5.74, 6) is 1.29. The average Bonchev–Trinajstić information content (AvgIpc) is 2.47. The monoisotopic (exact) mass is 211 g/mol. The van der Waals surface area contributed by atoms with Gasteiger partial charge in [0.05, 0.1) is 13.0 Å². The average molecular weight is 211 g/mol. The highest BCUT2D eigenvalue weighted by Crippen LogP contribution is 2.42. The molecular formula is C12H21NO2. The molecule has 0 aromatic carbocycles. The van der Waals surface area contributed by atoms with Crippen LogP contribution in [0.1, 0.15) is 26.7 Å². The predicted molar refractivity (Wildman–Crippen MR) is 58.4 cm³/mol. The zero-order chi connectivity index (χ0) is 11.0. The minimum atomic E-state index is 0.0194. The van der Waals surface area contributed by atoms with Crippen molar-refractivity contribution in [2.75, 3.05) is 20.2 Å². The fourth-order valence-electron chi connectivity index (χ4n) is 3.20. The van der Waals surface area contributed by atoms with Gasteiger partial charge in [0.15, 0.2) is 0 Å². The molecule has 2 rings (SSSR count). The number of carbonyl (C=O) groups excluding carboxylic acids is 1. The molecule has 3 heteroatoms. The molecule has 1 aliphatic heterocycles. The van der Waals surface area contributed by atoms with Crippen molar-refractivity contribution in [1.29, 1.82) is 0 Å². The van der Waals surface area contributed by atoms with Gasteiger partial charge in [0.1, 0.15) is 0 Å². The number of hydrogen-bond acceptors (Lipinski definition) is 3. The molecule has 0 aromatic heterocycles. The van der Waals surface area contributed by atoms with Crippen LogP contribution in [0, 0.1) is 17.8 Å². The molecular weight excluding hydrogens is 190 g/mol. The van der Waals surface area contributed by atoms with Crippen LogP contribution in [-0.4, -0.2) is 37.1 Å². The van der Waals surface area contributed by atoms with Gasteiger partial charge in [0, 0.05) is 19.1 Å². The van der Waals surface area contributed by atoms with Crippen LogP contribution < -0.4 is 0 Å². The maximum absolute atomic E-state index is 11.7. The van der Waals surface area contributed by atoms with Gasteiger partial charge < -0.3 is 9.64 Å². The number of fused-ring (bicyclic) bond motifs is 2. The summed E-state index contributed by atoms with van der Waals surface area (Å²) in [6.45, 7) is 6.62. The fourth-order valence-corrected chi connectivity index (χ4v) is 3.20. The van der Waals surface area contributed by atoms with Gasteiger partial charge >= 0.3 is 5.97 Å². The summed E-state index contributed by atoms with van der Waals surface area (Å²) in [6.07, 6.45) is 2.40. The molecule has 15 heavy (non-hydrogen) atoms. The molecule has 2 atom stereocenters. The Morgan fingerprint density at radius 3 is 2.20 bits per heavy atom. The van der Waals surface area contributed by atoms with Gasteiger partial charge in [-0.05, 0) is 38.5 Å². The Morgan fingerprint density at radius 2 is 1.80 bits per heavy atom. The van der Waals surface area contributed by atoms with Crippen molar-refractivity contribution in [1.82, 2.24) is 4.90 Å². The van der Waals surface area contributed by atoms with E-state index in [0.717, 1.165) is 13.1 Å². The molecule has 1 heterocycles. The Balaban J connectivity index is 2.06. The van der Waals surface area contributed by atoms with Crippen LogP contribution in [-0.2, 0) is 9.53 Å². The van der Waals surface area contributed by atoms with Gasteiger partial charge in [-0.25, -0.2) is 0 Å². The highest BCUT2D eigenvalue weighted by atomic mass is 16.5. The van der Waals surface area contributed by atoms with E-state index in [0.29, 0.717) is 17.9 Å². The molecule has 2 bridgehead atoms. The number of methoxy groups -OCH3 is 1. The van der Waals surface area contributed by atoms with E-state index in [-0.39, 0.29) is 11.9 Å². The minimum absolute atomic E-state index is 0.0194. The molecule has 2 aliphatic rings. The largest absolute Gasteiger partial charge is 0.469 e. The minimum Gasteiger partial charge on any atom is -0.469 e. The third-order valence-electron chi connectivity index (χ3n) is 4.07. The molecule has 0 aromatic rings. The first-order valence-electron chi connectivity index (χ1n) is 5.95. The maximum atomic E-state index is 11.7. The van der Waals surface area contributed by atoms with Crippen LogP contribution in [0.3, 0.4) is 0 Å². The highest BCUT2D eigenvalue weighted by Gasteiger charge is 2.46. The van der Waals surface area contributed by atoms with Crippen molar-refractivity contribution in [3.05, 3.63) is 0 Å². The van der Waals surface area contributed by atoms with E-state index in [2.05, 4.69) is 18.7 Å². The van der Waals surface area contributed by atoms with Gasteiger partial charge in [-0.15, -0.1) is 0 Å². The van der Waals surface area contributed by atoms with E-state index in [9.17, 15) is 4.79 Å². The van der Waals surface area contributed by atoms with Crippen LogP contribution in [0.25, 0.3) is 0 Å². The normalized spacial score (nSPS) is 35.9. The van der Waals surface area contributed by atoms with E-state index in [1.54, 1.807) is 0 Å². The Kier molecular flexibility index (Phi) is 3.01. The fraction of sp³-hybridized carbons (Fsp3) is 0.917. The van der Waals surface area contributed by atoms with Gasteiger partial charge in [-0.1, -0.05) is 0 Å². The number of piperidine rings is 1. The molecule has 0 amide bonds. The first-order valence-corrected chi connectivity index (χ1v) is 5.95. The third-order valence-corrected chi connectivity index (χ3v) is 4.07. The smallest absolute Gasteiger partial charge is 0.309 e. The van der Waals surface area contributed by atoms with Gasteiger partial charge in [0.25, 0.3) is 0 Å². The number of esters is 1. The zero-order valence-corrected chi connectivity index (χ0v) is 9.90. The lowest BCUT2D eigenvalue weighted by Crippen LogP contribution is -2.47. The van der Waals surface area contributed by atoms with Crippen LogP contribution in [0.2, 0.25) is 0 Å². The van der Waals surface area contributed by atoms with Gasteiger partial charge in [-0.3, -0.25) is 4.79 Å². The number of ether oxygens (including phenoxy) is 1. The number of nitrogens with zero attached hydrogens (tertiary/aromatic N) is 1. The molecule has 86 valence electrons. The lowest BCUT2D eigenvalue weighted by atomic mass is 9.84. The molecule has 2 fully saturated rings. The summed E-state index contributed by atoms with van der Waals surface area (Å²) in [5, 5.41) is 0. The van der Waals surface area contributed by atoms with E-state index >= 15 is 0 Å². The second-order valence-electron chi connectivity index (χ2n) is 5.19. The van der Waals surface area contributed by atoms with Crippen molar-refractivity contribution < 1.29 is 9.53 Å². The van der Waals surface area contributed by atoms with Gasteiger partial charge in [0.2, 0.25) is 0 Å². The molecule has 1 saturated carbocycles. The molecule has 3 nitrogen and oxygen atoms in total. The summed E-state index contributed by atoms with van der Waals surface area (Å²) in [4.78, 5) is 14.2. The molecule has 0 radical (unpaired) electrons. The Labute approximate surface area is 91.8 Å². The van der Waals surface area contributed by atoms with Crippen molar-refractivity contribution >= 4 is 5.97 Å². The van der Waals surface area contributed by atoms with Crippen LogP contribution >= 0.6 is 0 Å². The Hall–Kier alpha value is -0.570. The molecule has 0 spiro atoms. The summed E-state index contributed by atoms with van der Waals surface area (Å²) in [6, 6.07) is 0.603. The van der Waals surface area contributed by atoms with E-state index in [4.69, 9.17) is 4.74 Å². The predicted octanol–water partition coefficient (Wildman–Crippen LogP) is 1.53. The maximum Gasteiger partial charge on any atom is 0.309 e. The third kappa shape index (κ3) is 1.89. The SMILES string of the molecule is COC(=O)C1C2CCC1CN(C(C)C)C2. The lowest BCUT2D eigenvalue weighted by Gasteiger charge is -2.38. The number of carbonyl (C=O) groups is 1.